The molecular formula is C12H14BrNOS. The van der Waals surface area contributed by atoms with Crippen molar-refractivity contribution >= 4 is 33.6 Å². The number of hydrogen-bond acceptors (Lipinski definition) is 2. The third-order valence-corrected chi connectivity index (χ3v) is 4.51. The van der Waals surface area contributed by atoms with E-state index in [0.717, 1.165) is 22.2 Å². The molecule has 0 bridgehead atoms. The number of thioether (sulfide) groups is 1. The lowest BCUT2D eigenvalue weighted by Gasteiger charge is -2.09. The normalized spacial score (nSPS) is 19.7. The largest absolute Gasteiger partial charge is 0.351 e. The number of carbonyl (C=O) groups is 1. The van der Waals surface area contributed by atoms with E-state index in [0.29, 0.717) is 6.54 Å². The highest BCUT2D eigenvalue weighted by molar-refractivity contribution is 9.10. The van der Waals surface area contributed by atoms with Gasteiger partial charge in [0, 0.05) is 11.0 Å². The minimum absolute atomic E-state index is 0.176. The van der Waals surface area contributed by atoms with E-state index in [9.17, 15) is 4.79 Å². The summed E-state index contributed by atoms with van der Waals surface area (Å²) in [5, 5.41) is 3.16. The molecule has 1 amide bonds. The summed E-state index contributed by atoms with van der Waals surface area (Å²) in [7, 11) is 0. The Morgan fingerprint density at radius 3 is 2.81 bits per heavy atom. The minimum atomic E-state index is 0.176. The van der Waals surface area contributed by atoms with Gasteiger partial charge in [-0.2, -0.15) is 0 Å². The zero-order chi connectivity index (χ0) is 11.4. The number of hydrogen-bond donors (Lipinski definition) is 1. The van der Waals surface area contributed by atoms with Crippen LogP contribution < -0.4 is 5.32 Å². The molecule has 4 heteroatoms. The summed E-state index contributed by atoms with van der Waals surface area (Å²) >= 11 is 5.16. The first-order chi connectivity index (χ1) is 7.75. The van der Waals surface area contributed by atoms with Crippen molar-refractivity contribution in [1.29, 1.82) is 0 Å². The molecule has 0 spiro atoms. The maximum absolute atomic E-state index is 11.7. The molecule has 1 aromatic carbocycles. The van der Waals surface area contributed by atoms with E-state index in [1.54, 1.807) is 11.8 Å². The fourth-order valence-electron chi connectivity index (χ4n) is 1.69. The van der Waals surface area contributed by atoms with Gasteiger partial charge in [0.25, 0.3) is 0 Å². The van der Waals surface area contributed by atoms with Crippen LogP contribution in [0.1, 0.15) is 18.4 Å². The molecule has 1 aliphatic heterocycles. The Kier molecular flexibility index (Phi) is 4.29. The monoisotopic (exact) mass is 299 g/mol. The summed E-state index contributed by atoms with van der Waals surface area (Å²) in [6.45, 7) is 0.628. The van der Waals surface area contributed by atoms with Gasteiger partial charge in [-0.25, -0.2) is 0 Å². The Morgan fingerprint density at radius 2 is 2.19 bits per heavy atom. The highest BCUT2D eigenvalue weighted by Crippen LogP contribution is 2.26. The highest BCUT2D eigenvalue weighted by Gasteiger charge is 2.22. The van der Waals surface area contributed by atoms with Crippen LogP contribution >= 0.6 is 27.7 Å². The summed E-state index contributed by atoms with van der Waals surface area (Å²) in [6, 6.07) is 8.02. The third kappa shape index (κ3) is 3.25. The van der Waals surface area contributed by atoms with Gasteiger partial charge in [0.15, 0.2) is 0 Å². The predicted octanol–water partition coefficient (Wildman–Crippen LogP) is 2.96. The molecular weight excluding hydrogens is 286 g/mol. The topological polar surface area (TPSA) is 29.1 Å². The van der Waals surface area contributed by atoms with Crippen molar-refractivity contribution in [2.24, 2.45) is 0 Å². The van der Waals surface area contributed by atoms with Crippen LogP contribution in [0.25, 0.3) is 0 Å². The van der Waals surface area contributed by atoms with Crippen LogP contribution in [-0.4, -0.2) is 16.9 Å². The van der Waals surface area contributed by atoms with Crippen molar-refractivity contribution in [1.82, 2.24) is 5.32 Å². The smallest absolute Gasteiger partial charge is 0.233 e. The number of carbonyl (C=O) groups excluding carboxylic acids is 1. The summed E-state index contributed by atoms with van der Waals surface area (Å²) in [6.07, 6.45) is 2.19. The Morgan fingerprint density at radius 1 is 1.44 bits per heavy atom. The first kappa shape index (κ1) is 12.0. The average molecular weight is 300 g/mol. The molecule has 1 N–H and O–H groups in total. The minimum Gasteiger partial charge on any atom is -0.351 e. The molecule has 1 aromatic rings. The predicted molar refractivity (Wildman–Crippen MR) is 71.5 cm³/mol. The molecule has 1 unspecified atom stereocenters. The first-order valence-electron chi connectivity index (χ1n) is 5.39. The van der Waals surface area contributed by atoms with Crippen LogP contribution in [0.5, 0.6) is 0 Å². The van der Waals surface area contributed by atoms with Crippen molar-refractivity contribution in [2.45, 2.75) is 24.6 Å². The first-order valence-corrected chi connectivity index (χ1v) is 7.23. The molecule has 0 aromatic heterocycles. The van der Waals surface area contributed by atoms with Crippen molar-refractivity contribution in [3.05, 3.63) is 34.3 Å². The van der Waals surface area contributed by atoms with Crippen LogP contribution in [-0.2, 0) is 11.3 Å². The average Bonchev–Trinajstić information content (AvgIpc) is 2.81. The van der Waals surface area contributed by atoms with Gasteiger partial charge >= 0.3 is 0 Å². The van der Waals surface area contributed by atoms with Gasteiger partial charge in [0.2, 0.25) is 5.91 Å². The van der Waals surface area contributed by atoms with Crippen LogP contribution in [0.4, 0.5) is 0 Å². The Balaban J connectivity index is 1.82. The quantitative estimate of drug-likeness (QED) is 0.930. The van der Waals surface area contributed by atoms with Crippen LogP contribution in [0.3, 0.4) is 0 Å². The van der Waals surface area contributed by atoms with E-state index in [1.807, 2.05) is 24.3 Å². The van der Waals surface area contributed by atoms with Gasteiger partial charge in [0.05, 0.1) is 5.25 Å². The Bertz CT molecular complexity index is 360. The summed E-state index contributed by atoms with van der Waals surface area (Å²) in [5.74, 6) is 1.31. The molecule has 1 aliphatic rings. The second-order valence-corrected chi connectivity index (χ2v) is 6.07. The molecule has 16 heavy (non-hydrogen) atoms. The Hall–Kier alpha value is -0.480. The third-order valence-electron chi connectivity index (χ3n) is 2.60. The van der Waals surface area contributed by atoms with Gasteiger partial charge in [-0.05, 0) is 36.3 Å². The number of halogens is 1. The standard InChI is InChI=1S/C12H14BrNOS/c13-10-5-3-9(4-6-10)8-14-12(15)11-2-1-7-16-11/h3-6,11H,1-2,7-8H2,(H,14,15). The fourth-order valence-corrected chi connectivity index (χ4v) is 3.14. The zero-order valence-corrected chi connectivity index (χ0v) is 11.3. The van der Waals surface area contributed by atoms with Gasteiger partial charge in [-0.3, -0.25) is 4.79 Å². The van der Waals surface area contributed by atoms with Crippen molar-refractivity contribution in [3.63, 3.8) is 0 Å². The van der Waals surface area contributed by atoms with E-state index < -0.39 is 0 Å². The highest BCUT2D eigenvalue weighted by atomic mass is 79.9. The van der Waals surface area contributed by atoms with Crippen molar-refractivity contribution in [2.75, 3.05) is 5.75 Å². The molecule has 0 aliphatic carbocycles. The fraction of sp³-hybridized carbons (Fsp3) is 0.417. The molecule has 2 rings (SSSR count). The van der Waals surface area contributed by atoms with E-state index in [-0.39, 0.29) is 11.2 Å². The summed E-state index contributed by atoms with van der Waals surface area (Å²) in [4.78, 5) is 11.7. The summed E-state index contributed by atoms with van der Waals surface area (Å²) < 4.78 is 1.06. The van der Waals surface area contributed by atoms with E-state index in [4.69, 9.17) is 0 Å². The molecule has 1 atom stereocenters. The molecule has 1 heterocycles. The lowest BCUT2D eigenvalue weighted by Crippen LogP contribution is -2.30. The zero-order valence-electron chi connectivity index (χ0n) is 8.91. The van der Waals surface area contributed by atoms with Crippen LogP contribution in [0.15, 0.2) is 28.7 Å². The molecule has 0 saturated carbocycles. The second kappa shape index (κ2) is 5.73. The number of benzene rings is 1. The van der Waals surface area contributed by atoms with Crippen molar-refractivity contribution in [3.8, 4) is 0 Å². The van der Waals surface area contributed by atoms with Gasteiger partial charge in [-0.1, -0.05) is 28.1 Å². The molecule has 0 radical (unpaired) electrons. The lowest BCUT2D eigenvalue weighted by atomic mass is 10.2. The molecule has 86 valence electrons. The maximum atomic E-state index is 11.7. The lowest BCUT2D eigenvalue weighted by molar-refractivity contribution is -0.120. The molecule has 2 nitrogen and oxygen atoms in total. The molecule has 1 fully saturated rings. The molecule has 1 saturated heterocycles. The van der Waals surface area contributed by atoms with Gasteiger partial charge < -0.3 is 5.32 Å². The van der Waals surface area contributed by atoms with E-state index in [2.05, 4.69) is 21.2 Å². The second-order valence-electron chi connectivity index (χ2n) is 3.85. The number of amides is 1. The number of nitrogens with one attached hydrogen (secondary N) is 1. The number of rotatable bonds is 3. The maximum Gasteiger partial charge on any atom is 0.233 e. The van der Waals surface area contributed by atoms with Crippen LogP contribution in [0.2, 0.25) is 0 Å². The van der Waals surface area contributed by atoms with Gasteiger partial charge in [-0.15, -0.1) is 11.8 Å². The van der Waals surface area contributed by atoms with Gasteiger partial charge in [0.1, 0.15) is 0 Å². The van der Waals surface area contributed by atoms with Crippen LogP contribution in [0, 0.1) is 0 Å². The SMILES string of the molecule is O=C(NCc1ccc(Br)cc1)C1CCCS1. The van der Waals surface area contributed by atoms with E-state index >= 15 is 0 Å². The van der Waals surface area contributed by atoms with E-state index in [1.165, 1.54) is 6.42 Å². The van der Waals surface area contributed by atoms with Crippen molar-refractivity contribution < 1.29 is 4.79 Å². The Labute approximate surface area is 108 Å². The summed E-state index contributed by atoms with van der Waals surface area (Å²) in [5.41, 5.74) is 1.14.